The number of hydrogen-bond acceptors (Lipinski definition) is 2. The summed E-state index contributed by atoms with van der Waals surface area (Å²) in [6, 6.07) is 7.29. The number of fused-ring (bicyclic) bond motifs is 1. The zero-order valence-corrected chi connectivity index (χ0v) is 8.02. The van der Waals surface area contributed by atoms with Crippen LogP contribution in [0.25, 0.3) is 10.1 Å². The first-order chi connectivity index (χ1) is 6.20. The molecule has 4 heteroatoms. The van der Waals surface area contributed by atoms with Gasteiger partial charge in [-0.25, -0.2) is 4.79 Å². The first kappa shape index (κ1) is 8.53. The van der Waals surface area contributed by atoms with E-state index in [0.29, 0.717) is 9.72 Å². The Morgan fingerprint density at radius 3 is 2.77 bits per heavy atom. The van der Waals surface area contributed by atoms with Crippen LogP contribution in [0.2, 0.25) is 4.34 Å². The van der Waals surface area contributed by atoms with E-state index in [0.717, 1.165) is 4.70 Å². The van der Waals surface area contributed by atoms with Gasteiger partial charge < -0.3 is 5.11 Å². The summed E-state index contributed by atoms with van der Waals surface area (Å²) in [4.78, 5) is 10.8. The van der Waals surface area contributed by atoms with Crippen molar-refractivity contribution in [3.8, 4) is 0 Å². The molecule has 2 aromatic rings. The van der Waals surface area contributed by atoms with E-state index in [1.165, 1.54) is 11.3 Å². The van der Waals surface area contributed by atoms with Crippen molar-refractivity contribution < 1.29 is 9.90 Å². The summed E-state index contributed by atoms with van der Waals surface area (Å²) in [6.45, 7) is 0. The molecule has 66 valence electrons. The van der Waals surface area contributed by atoms with Crippen LogP contribution in [0.5, 0.6) is 0 Å². The summed E-state index contributed by atoms with van der Waals surface area (Å²) < 4.78 is 1.25. The van der Waals surface area contributed by atoms with Gasteiger partial charge >= 0.3 is 5.97 Å². The number of hydrogen-bond donors (Lipinski definition) is 1. The highest BCUT2D eigenvalue weighted by atomic mass is 35.5. The quantitative estimate of drug-likeness (QED) is 0.788. The third-order valence-corrected chi connectivity index (χ3v) is 3.15. The van der Waals surface area contributed by atoms with Gasteiger partial charge in [0.05, 0.1) is 5.56 Å². The van der Waals surface area contributed by atoms with Crippen LogP contribution in [-0.2, 0) is 0 Å². The number of rotatable bonds is 1. The van der Waals surface area contributed by atoms with Crippen LogP contribution in [-0.4, -0.2) is 11.1 Å². The van der Waals surface area contributed by atoms with E-state index >= 15 is 0 Å². The zero-order valence-electron chi connectivity index (χ0n) is 6.45. The van der Waals surface area contributed by atoms with Crippen molar-refractivity contribution >= 4 is 39.0 Å². The maximum absolute atomic E-state index is 10.8. The number of carbonyl (C=O) groups is 1. The molecule has 0 unspecified atom stereocenters. The molecule has 0 fully saturated rings. The van der Waals surface area contributed by atoms with E-state index in [2.05, 4.69) is 0 Å². The van der Waals surface area contributed by atoms with Gasteiger partial charge in [-0.05, 0) is 6.07 Å². The Labute approximate surface area is 83.4 Å². The Kier molecular flexibility index (Phi) is 1.98. The molecule has 0 atom stereocenters. The van der Waals surface area contributed by atoms with E-state index in [4.69, 9.17) is 16.7 Å². The van der Waals surface area contributed by atoms with Gasteiger partial charge in [-0.2, -0.15) is 0 Å². The predicted molar refractivity (Wildman–Crippen MR) is 53.8 cm³/mol. The summed E-state index contributed by atoms with van der Waals surface area (Å²) in [5.74, 6) is -0.970. The number of carboxylic acids is 1. The lowest BCUT2D eigenvalue weighted by Crippen LogP contribution is -1.94. The van der Waals surface area contributed by atoms with Crippen molar-refractivity contribution in [2.45, 2.75) is 0 Å². The summed E-state index contributed by atoms with van der Waals surface area (Å²) in [6.07, 6.45) is 0. The fourth-order valence-electron chi connectivity index (χ4n) is 1.21. The van der Waals surface area contributed by atoms with Crippen LogP contribution < -0.4 is 0 Å². The second-order valence-corrected chi connectivity index (χ2v) is 4.21. The zero-order chi connectivity index (χ0) is 9.42. The van der Waals surface area contributed by atoms with Gasteiger partial charge in [0.25, 0.3) is 0 Å². The van der Waals surface area contributed by atoms with E-state index < -0.39 is 5.97 Å². The third-order valence-electron chi connectivity index (χ3n) is 1.77. The highest BCUT2D eigenvalue weighted by molar-refractivity contribution is 7.23. The van der Waals surface area contributed by atoms with Crippen LogP contribution in [0.15, 0.2) is 24.3 Å². The van der Waals surface area contributed by atoms with E-state index in [9.17, 15) is 4.79 Å². The van der Waals surface area contributed by atoms with Crippen LogP contribution in [0, 0.1) is 0 Å². The molecule has 1 aromatic carbocycles. The minimum Gasteiger partial charge on any atom is -0.478 e. The largest absolute Gasteiger partial charge is 0.478 e. The summed E-state index contributed by atoms with van der Waals surface area (Å²) in [7, 11) is 0. The average Bonchev–Trinajstić information content (AvgIpc) is 2.39. The Morgan fingerprint density at radius 1 is 1.38 bits per heavy atom. The molecular formula is C9H5ClO2S. The molecule has 13 heavy (non-hydrogen) atoms. The molecule has 0 aliphatic heterocycles. The summed E-state index contributed by atoms with van der Waals surface area (Å²) in [5, 5.41) is 9.59. The first-order valence-electron chi connectivity index (χ1n) is 3.60. The molecule has 0 saturated carbocycles. The normalized spacial score (nSPS) is 10.5. The molecule has 1 aromatic heterocycles. The van der Waals surface area contributed by atoms with Crippen LogP contribution >= 0.6 is 22.9 Å². The highest BCUT2D eigenvalue weighted by Crippen LogP contribution is 2.34. The van der Waals surface area contributed by atoms with Crippen LogP contribution in [0.4, 0.5) is 0 Å². The topological polar surface area (TPSA) is 37.3 Å². The summed E-state index contributed by atoms with van der Waals surface area (Å²) >= 11 is 7.09. The molecule has 0 saturated heterocycles. The molecule has 0 aliphatic carbocycles. The Balaban J connectivity index is 2.86. The molecule has 0 amide bonds. The van der Waals surface area contributed by atoms with Crippen molar-refractivity contribution in [3.05, 3.63) is 34.2 Å². The van der Waals surface area contributed by atoms with Crippen molar-refractivity contribution in [2.24, 2.45) is 0 Å². The van der Waals surface area contributed by atoms with E-state index in [1.54, 1.807) is 12.1 Å². The number of halogens is 1. The van der Waals surface area contributed by atoms with Gasteiger partial charge in [-0.3, -0.25) is 0 Å². The monoisotopic (exact) mass is 212 g/mol. The molecule has 1 N–H and O–H groups in total. The summed E-state index contributed by atoms with van der Waals surface area (Å²) in [5.41, 5.74) is 0.210. The molecule has 2 rings (SSSR count). The maximum atomic E-state index is 10.8. The van der Waals surface area contributed by atoms with Crippen molar-refractivity contribution in [3.63, 3.8) is 0 Å². The van der Waals surface area contributed by atoms with Gasteiger partial charge in [-0.15, -0.1) is 11.3 Å². The minimum atomic E-state index is -0.970. The third kappa shape index (κ3) is 1.30. The van der Waals surface area contributed by atoms with Crippen LogP contribution in [0.1, 0.15) is 10.4 Å². The number of carboxylic acid groups (broad SMARTS) is 1. The fourth-order valence-corrected chi connectivity index (χ4v) is 2.57. The fraction of sp³-hybridized carbons (Fsp3) is 0. The number of aromatic carboxylic acids is 1. The van der Waals surface area contributed by atoms with Crippen molar-refractivity contribution in [2.75, 3.05) is 0 Å². The van der Waals surface area contributed by atoms with Crippen molar-refractivity contribution in [1.29, 1.82) is 0 Å². The Hall–Kier alpha value is -1.06. The number of thiophene rings is 1. The van der Waals surface area contributed by atoms with Gasteiger partial charge in [-0.1, -0.05) is 29.8 Å². The standard InChI is InChI=1S/C9H5ClO2S/c10-8-7(9(11)12)5-3-1-2-4-6(5)13-8/h1-4H,(H,11,12). The lowest BCUT2D eigenvalue weighted by Gasteiger charge is -1.90. The average molecular weight is 213 g/mol. The highest BCUT2D eigenvalue weighted by Gasteiger charge is 2.15. The molecule has 0 aliphatic rings. The van der Waals surface area contributed by atoms with E-state index in [-0.39, 0.29) is 5.56 Å². The predicted octanol–water partition coefficient (Wildman–Crippen LogP) is 3.25. The Bertz CT molecular complexity index is 475. The lowest BCUT2D eigenvalue weighted by atomic mass is 10.2. The molecule has 2 nitrogen and oxygen atoms in total. The van der Waals surface area contributed by atoms with E-state index in [1.807, 2.05) is 12.1 Å². The van der Waals surface area contributed by atoms with Gasteiger partial charge in [0.2, 0.25) is 0 Å². The first-order valence-corrected chi connectivity index (χ1v) is 4.80. The molecule has 1 heterocycles. The second kappa shape index (κ2) is 3.01. The molecular weight excluding hydrogens is 208 g/mol. The molecule has 0 bridgehead atoms. The van der Waals surface area contributed by atoms with Gasteiger partial charge in [0, 0.05) is 10.1 Å². The van der Waals surface area contributed by atoms with Crippen LogP contribution in [0.3, 0.4) is 0 Å². The smallest absolute Gasteiger partial charge is 0.338 e. The molecule has 0 radical (unpaired) electrons. The van der Waals surface area contributed by atoms with Gasteiger partial charge in [0.1, 0.15) is 4.34 Å². The van der Waals surface area contributed by atoms with Crippen molar-refractivity contribution in [1.82, 2.24) is 0 Å². The second-order valence-electron chi connectivity index (χ2n) is 2.55. The number of benzene rings is 1. The Morgan fingerprint density at radius 2 is 2.08 bits per heavy atom. The lowest BCUT2D eigenvalue weighted by molar-refractivity contribution is 0.0699. The molecule has 0 spiro atoms. The van der Waals surface area contributed by atoms with Gasteiger partial charge in [0.15, 0.2) is 0 Å². The minimum absolute atomic E-state index is 0.210. The SMILES string of the molecule is O=C(O)c1c(Cl)sc2ccccc12. The maximum Gasteiger partial charge on any atom is 0.338 e.